The third-order valence-corrected chi connectivity index (χ3v) is 4.86. The molecule has 140 valence electrons. The minimum atomic E-state index is -0.431. The summed E-state index contributed by atoms with van der Waals surface area (Å²) in [4.78, 5) is 31.6. The van der Waals surface area contributed by atoms with Crippen molar-refractivity contribution in [2.45, 2.75) is 33.6 Å². The minimum absolute atomic E-state index is 0.0352. The Morgan fingerprint density at radius 1 is 1.19 bits per heavy atom. The Morgan fingerprint density at radius 2 is 1.88 bits per heavy atom. The lowest BCUT2D eigenvalue weighted by Crippen LogP contribution is -2.32. The Bertz CT molecular complexity index is 772. The molecule has 2 rings (SSSR count). The number of thiazole rings is 1. The number of rotatable bonds is 7. The number of hydrogen-bond acceptors (Lipinski definition) is 4. The van der Waals surface area contributed by atoms with Crippen LogP contribution in [-0.2, 0) is 0 Å². The lowest BCUT2D eigenvalue weighted by atomic mass is 10.3. The molecule has 0 radical (unpaired) electrons. The number of anilines is 2. The number of nitrogens with one attached hydrogen (secondary N) is 2. The first-order valence-electron chi connectivity index (χ1n) is 8.54. The second-order valence-electron chi connectivity index (χ2n) is 5.82. The number of aromatic nitrogens is 1. The molecule has 0 aliphatic heterocycles. The van der Waals surface area contributed by atoms with E-state index < -0.39 is 6.03 Å². The van der Waals surface area contributed by atoms with E-state index >= 15 is 0 Å². The van der Waals surface area contributed by atoms with Gasteiger partial charge in [-0.05, 0) is 38.0 Å². The highest BCUT2D eigenvalue weighted by Crippen LogP contribution is 2.25. The van der Waals surface area contributed by atoms with Gasteiger partial charge in [0, 0.05) is 23.8 Å². The fourth-order valence-corrected chi connectivity index (χ4v) is 3.59. The van der Waals surface area contributed by atoms with Gasteiger partial charge >= 0.3 is 6.03 Å². The first-order chi connectivity index (χ1) is 12.4. The van der Waals surface area contributed by atoms with Crippen LogP contribution in [0, 0.1) is 6.92 Å². The van der Waals surface area contributed by atoms with Crippen molar-refractivity contribution in [3.63, 3.8) is 0 Å². The van der Waals surface area contributed by atoms with Crippen LogP contribution in [0.1, 0.15) is 42.1 Å². The van der Waals surface area contributed by atoms with E-state index in [0.717, 1.165) is 12.8 Å². The zero-order valence-electron chi connectivity index (χ0n) is 15.1. The Balaban J connectivity index is 2.06. The minimum Gasteiger partial charge on any atom is -0.338 e. The van der Waals surface area contributed by atoms with E-state index in [1.807, 2.05) is 18.7 Å². The molecular formula is C18H23ClN4O2S. The highest BCUT2D eigenvalue weighted by Gasteiger charge is 2.21. The SMILES string of the molecule is CCCN(CCC)C(=O)c1sc(NC(=O)Nc2cccc(Cl)c2)nc1C. The third-order valence-electron chi connectivity index (χ3n) is 3.57. The van der Waals surface area contributed by atoms with Crippen molar-refractivity contribution in [2.75, 3.05) is 23.7 Å². The van der Waals surface area contributed by atoms with Gasteiger partial charge < -0.3 is 10.2 Å². The number of nitrogens with zero attached hydrogens (tertiary/aromatic N) is 2. The summed E-state index contributed by atoms with van der Waals surface area (Å²) in [6.45, 7) is 7.29. The number of urea groups is 1. The van der Waals surface area contributed by atoms with Gasteiger partial charge in [0.15, 0.2) is 5.13 Å². The summed E-state index contributed by atoms with van der Waals surface area (Å²) in [5.41, 5.74) is 1.20. The number of hydrogen-bond donors (Lipinski definition) is 2. The maximum absolute atomic E-state index is 12.7. The number of benzene rings is 1. The molecule has 1 aromatic heterocycles. The Labute approximate surface area is 162 Å². The van der Waals surface area contributed by atoms with E-state index in [9.17, 15) is 9.59 Å². The fourth-order valence-electron chi connectivity index (χ4n) is 2.47. The van der Waals surface area contributed by atoms with Crippen LogP contribution in [0.15, 0.2) is 24.3 Å². The van der Waals surface area contributed by atoms with Crippen molar-refractivity contribution >= 4 is 45.7 Å². The predicted octanol–water partition coefficient (Wildman–Crippen LogP) is 5.01. The Hall–Kier alpha value is -2.12. The molecule has 0 saturated heterocycles. The summed E-state index contributed by atoms with van der Waals surface area (Å²) >= 11 is 7.09. The van der Waals surface area contributed by atoms with Gasteiger partial charge in [-0.1, -0.05) is 42.9 Å². The molecule has 0 saturated carbocycles. The first-order valence-corrected chi connectivity index (χ1v) is 9.74. The molecule has 3 amide bonds. The molecule has 2 N–H and O–H groups in total. The quantitative estimate of drug-likeness (QED) is 0.693. The summed E-state index contributed by atoms with van der Waals surface area (Å²) in [5, 5.41) is 6.28. The summed E-state index contributed by atoms with van der Waals surface area (Å²) in [7, 11) is 0. The average Bonchev–Trinajstić information content (AvgIpc) is 2.94. The van der Waals surface area contributed by atoms with Gasteiger partial charge in [0.05, 0.1) is 5.69 Å². The van der Waals surface area contributed by atoms with Crippen molar-refractivity contribution < 1.29 is 9.59 Å². The highest BCUT2D eigenvalue weighted by atomic mass is 35.5. The molecule has 26 heavy (non-hydrogen) atoms. The first kappa shape index (κ1) is 20.2. The summed E-state index contributed by atoms with van der Waals surface area (Å²) in [5.74, 6) is -0.0352. The Kier molecular flexibility index (Phi) is 7.41. The smallest absolute Gasteiger partial charge is 0.325 e. The van der Waals surface area contributed by atoms with E-state index in [4.69, 9.17) is 11.6 Å². The van der Waals surface area contributed by atoms with Gasteiger partial charge in [0.1, 0.15) is 4.88 Å². The number of aryl methyl sites for hydroxylation is 1. The van der Waals surface area contributed by atoms with Gasteiger partial charge in [0.25, 0.3) is 5.91 Å². The van der Waals surface area contributed by atoms with Crippen LogP contribution < -0.4 is 10.6 Å². The fraction of sp³-hybridized carbons (Fsp3) is 0.389. The van der Waals surface area contributed by atoms with Crippen molar-refractivity contribution in [1.82, 2.24) is 9.88 Å². The molecule has 1 heterocycles. The zero-order valence-corrected chi connectivity index (χ0v) is 16.7. The number of halogens is 1. The molecule has 2 aromatic rings. The monoisotopic (exact) mass is 394 g/mol. The molecule has 0 spiro atoms. The summed E-state index contributed by atoms with van der Waals surface area (Å²) in [6, 6.07) is 6.43. The van der Waals surface area contributed by atoms with Crippen molar-refractivity contribution in [3.05, 3.63) is 39.9 Å². The molecule has 8 heteroatoms. The molecule has 1 aromatic carbocycles. The molecule has 0 fully saturated rings. The van der Waals surface area contributed by atoms with Gasteiger partial charge in [-0.15, -0.1) is 0 Å². The topological polar surface area (TPSA) is 74.3 Å². The van der Waals surface area contributed by atoms with Gasteiger partial charge in [0.2, 0.25) is 0 Å². The summed E-state index contributed by atoms with van der Waals surface area (Å²) in [6.07, 6.45) is 1.80. The normalized spacial score (nSPS) is 10.5. The van der Waals surface area contributed by atoms with Crippen LogP contribution >= 0.6 is 22.9 Å². The lowest BCUT2D eigenvalue weighted by molar-refractivity contribution is 0.0759. The van der Waals surface area contributed by atoms with Crippen LogP contribution in [0.4, 0.5) is 15.6 Å². The highest BCUT2D eigenvalue weighted by molar-refractivity contribution is 7.17. The second kappa shape index (κ2) is 9.54. The van der Waals surface area contributed by atoms with Crippen molar-refractivity contribution in [3.8, 4) is 0 Å². The van der Waals surface area contributed by atoms with Gasteiger partial charge in [-0.3, -0.25) is 10.1 Å². The predicted molar refractivity (Wildman–Crippen MR) is 107 cm³/mol. The molecule has 0 aliphatic carbocycles. The van der Waals surface area contributed by atoms with Crippen LogP contribution in [0.25, 0.3) is 0 Å². The van der Waals surface area contributed by atoms with Gasteiger partial charge in [-0.2, -0.15) is 0 Å². The van der Waals surface area contributed by atoms with Crippen LogP contribution in [0.5, 0.6) is 0 Å². The maximum Gasteiger partial charge on any atom is 0.325 e. The molecule has 0 bridgehead atoms. The lowest BCUT2D eigenvalue weighted by Gasteiger charge is -2.20. The molecular weight excluding hydrogens is 372 g/mol. The van der Waals surface area contributed by atoms with Gasteiger partial charge in [-0.25, -0.2) is 9.78 Å². The number of amides is 3. The second-order valence-corrected chi connectivity index (χ2v) is 7.25. The van der Waals surface area contributed by atoms with E-state index in [-0.39, 0.29) is 5.91 Å². The van der Waals surface area contributed by atoms with E-state index in [1.54, 1.807) is 31.2 Å². The molecule has 0 atom stereocenters. The molecule has 0 aliphatic rings. The summed E-state index contributed by atoms with van der Waals surface area (Å²) < 4.78 is 0. The average molecular weight is 395 g/mol. The zero-order chi connectivity index (χ0) is 19.1. The number of carbonyl (C=O) groups excluding carboxylic acids is 2. The van der Waals surface area contributed by atoms with Crippen LogP contribution in [-0.4, -0.2) is 34.9 Å². The van der Waals surface area contributed by atoms with Crippen LogP contribution in [0.3, 0.4) is 0 Å². The number of carbonyl (C=O) groups is 2. The van der Waals surface area contributed by atoms with E-state index in [2.05, 4.69) is 15.6 Å². The van der Waals surface area contributed by atoms with Crippen LogP contribution in [0.2, 0.25) is 5.02 Å². The standard InChI is InChI=1S/C18H23ClN4O2S/c1-4-9-23(10-5-2)16(24)15-12(3)20-18(26-15)22-17(25)21-14-8-6-7-13(19)11-14/h6-8,11H,4-5,9-10H2,1-3H3,(H2,20,21,22,25). The third kappa shape index (κ3) is 5.44. The molecule has 0 unspecified atom stereocenters. The molecule has 6 nitrogen and oxygen atoms in total. The van der Waals surface area contributed by atoms with Crippen molar-refractivity contribution in [2.24, 2.45) is 0 Å². The van der Waals surface area contributed by atoms with E-state index in [1.165, 1.54) is 11.3 Å². The van der Waals surface area contributed by atoms with Crippen molar-refractivity contribution in [1.29, 1.82) is 0 Å². The van der Waals surface area contributed by atoms with E-state index in [0.29, 0.717) is 39.5 Å². The Morgan fingerprint density at radius 3 is 2.50 bits per heavy atom. The largest absolute Gasteiger partial charge is 0.338 e. The maximum atomic E-state index is 12.7.